The number of ether oxygens (including phenoxy) is 1. The number of amides is 1. The van der Waals surface area contributed by atoms with Gasteiger partial charge < -0.3 is 10.1 Å². The minimum Gasteiger partial charge on any atom is -0.497 e. The number of anilines is 1. The monoisotopic (exact) mass is 446 g/mol. The number of aryl methyl sites for hydroxylation is 1. The Morgan fingerprint density at radius 3 is 2.26 bits per heavy atom. The maximum Gasteiger partial charge on any atom is 0.244 e. The van der Waals surface area contributed by atoms with Gasteiger partial charge in [-0.2, -0.15) is 0 Å². The van der Waals surface area contributed by atoms with Crippen molar-refractivity contribution < 1.29 is 17.9 Å². The Hall–Kier alpha value is -2.54. The molecule has 7 heteroatoms. The van der Waals surface area contributed by atoms with Gasteiger partial charge in [0.1, 0.15) is 11.8 Å². The summed E-state index contributed by atoms with van der Waals surface area (Å²) in [6.07, 6.45) is 2.22. The number of hydrogen-bond donors (Lipinski definition) is 1. The Kier molecular flexibility index (Phi) is 8.51. The number of rotatable bonds is 10. The predicted octanol–water partition coefficient (Wildman–Crippen LogP) is 4.45. The second-order valence-corrected chi connectivity index (χ2v) is 10.1. The summed E-state index contributed by atoms with van der Waals surface area (Å²) in [5.41, 5.74) is 2.38. The fourth-order valence-corrected chi connectivity index (χ4v) is 4.88. The van der Waals surface area contributed by atoms with Gasteiger partial charge in [0.15, 0.2) is 0 Å². The zero-order valence-electron chi connectivity index (χ0n) is 19.3. The predicted molar refractivity (Wildman–Crippen MR) is 126 cm³/mol. The van der Waals surface area contributed by atoms with E-state index in [0.717, 1.165) is 29.6 Å². The molecule has 1 amide bonds. The first-order valence-corrected chi connectivity index (χ1v) is 12.4. The topological polar surface area (TPSA) is 75.7 Å². The van der Waals surface area contributed by atoms with E-state index in [0.29, 0.717) is 18.0 Å². The van der Waals surface area contributed by atoms with Crippen molar-refractivity contribution >= 4 is 21.6 Å². The normalized spacial score (nSPS) is 13.5. The van der Waals surface area contributed by atoms with Gasteiger partial charge in [-0.1, -0.05) is 45.0 Å². The van der Waals surface area contributed by atoms with E-state index >= 15 is 0 Å². The van der Waals surface area contributed by atoms with E-state index in [1.807, 2.05) is 44.2 Å². The lowest BCUT2D eigenvalue weighted by molar-refractivity contribution is -0.123. The Morgan fingerprint density at radius 1 is 1.13 bits per heavy atom. The number of benzene rings is 2. The molecular weight excluding hydrogens is 412 g/mol. The molecule has 2 atom stereocenters. The lowest BCUT2D eigenvalue weighted by atomic mass is 9.96. The molecule has 0 bridgehead atoms. The highest BCUT2D eigenvalue weighted by atomic mass is 32.2. The van der Waals surface area contributed by atoms with Crippen molar-refractivity contribution in [1.29, 1.82) is 0 Å². The van der Waals surface area contributed by atoms with Gasteiger partial charge in [0.25, 0.3) is 0 Å². The molecule has 0 fully saturated rings. The van der Waals surface area contributed by atoms with E-state index in [1.165, 1.54) is 4.31 Å². The average Bonchev–Trinajstić information content (AvgIpc) is 2.70. The van der Waals surface area contributed by atoms with Crippen molar-refractivity contribution in [3.63, 3.8) is 0 Å². The standard InChI is InChI=1S/C24H34N2O4S/c1-7-23(26(31(6,28)29)20-10-8-9-18(4)16-20)24(27)25-22(15-17(2)3)19-11-13-21(30-5)14-12-19/h8-14,16-17,22-23H,7,15H2,1-6H3,(H,25,27)/t22-,23+/m0/s1. The third kappa shape index (κ3) is 6.72. The van der Waals surface area contributed by atoms with Crippen LogP contribution in [0.4, 0.5) is 5.69 Å². The van der Waals surface area contributed by atoms with Gasteiger partial charge in [-0.25, -0.2) is 8.42 Å². The highest BCUT2D eigenvalue weighted by Gasteiger charge is 2.32. The van der Waals surface area contributed by atoms with Gasteiger partial charge in [0.2, 0.25) is 15.9 Å². The molecule has 0 saturated carbocycles. The summed E-state index contributed by atoms with van der Waals surface area (Å²) in [4.78, 5) is 13.4. The van der Waals surface area contributed by atoms with Crippen LogP contribution in [0, 0.1) is 12.8 Å². The molecule has 2 aromatic rings. The molecule has 0 radical (unpaired) electrons. The molecule has 0 saturated heterocycles. The van der Waals surface area contributed by atoms with Crippen molar-refractivity contribution in [2.75, 3.05) is 17.7 Å². The van der Waals surface area contributed by atoms with Gasteiger partial charge >= 0.3 is 0 Å². The summed E-state index contributed by atoms with van der Waals surface area (Å²) < 4.78 is 31.8. The van der Waals surface area contributed by atoms with Gasteiger partial charge in [0, 0.05) is 0 Å². The SMILES string of the molecule is CC[C@H](C(=O)N[C@@H](CC(C)C)c1ccc(OC)cc1)N(c1cccc(C)c1)S(C)(=O)=O. The molecule has 2 aromatic carbocycles. The lowest BCUT2D eigenvalue weighted by Crippen LogP contribution is -2.50. The number of methoxy groups -OCH3 is 1. The fourth-order valence-electron chi connectivity index (χ4n) is 3.68. The number of sulfonamides is 1. The van der Waals surface area contributed by atoms with Crippen LogP contribution in [0.15, 0.2) is 48.5 Å². The van der Waals surface area contributed by atoms with Crippen LogP contribution in [0.3, 0.4) is 0 Å². The molecule has 170 valence electrons. The van der Waals surface area contributed by atoms with Crippen LogP contribution in [0.25, 0.3) is 0 Å². The lowest BCUT2D eigenvalue weighted by Gasteiger charge is -2.32. The van der Waals surface area contributed by atoms with Crippen molar-refractivity contribution in [2.45, 2.75) is 52.6 Å². The molecule has 0 aliphatic heterocycles. The minimum atomic E-state index is -3.67. The summed E-state index contributed by atoms with van der Waals surface area (Å²) in [5.74, 6) is 0.777. The second-order valence-electron chi connectivity index (χ2n) is 8.29. The summed E-state index contributed by atoms with van der Waals surface area (Å²) in [6.45, 7) is 7.90. The van der Waals surface area contributed by atoms with E-state index in [-0.39, 0.29) is 11.9 Å². The Morgan fingerprint density at radius 2 is 1.77 bits per heavy atom. The summed E-state index contributed by atoms with van der Waals surface area (Å²) in [7, 11) is -2.06. The summed E-state index contributed by atoms with van der Waals surface area (Å²) in [6, 6.07) is 13.7. The van der Waals surface area contributed by atoms with Crippen LogP contribution in [0.1, 0.15) is 50.8 Å². The first-order valence-electron chi connectivity index (χ1n) is 10.6. The number of nitrogens with zero attached hydrogens (tertiary/aromatic N) is 1. The quantitative estimate of drug-likeness (QED) is 0.585. The van der Waals surface area contributed by atoms with Crippen molar-refractivity contribution in [2.24, 2.45) is 5.92 Å². The highest BCUT2D eigenvalue weighted by molar-refractivity contribution is 7.92. The first-order chi connectivity index (χ1) is 14.6. The van der Waals surface area contributed by atoms with E-state index in [4.69, 9.17) is 4.74 Å². The molecule has 0 aromatic heterocycles. The van der Waals surface area contributed by atoms with E-state index < -0.39 is 16.1 Å². The average molecular weight is 447 g/mol. The van der Waals surface area contributed by atoms with Crippen LogP contribution < -0.4 is 14.4 Å². The Balaban J connectivity index is 2.37. The first kappa shape index (κ1) is 24.7. The largest absolute Gasteiger partial charge is 0.497 e. The minimum absolute atomic E-state index is 0.230. The molecule has 0 aliphatic rings. The van der Waals surface area contributed by atoms with Gasteiger partial charge in [0.05, 0.1) is 25.1 Å². The van der Waals surface area contributed by atoms with E-state index in [1.54, 1.807) is 25.3 Å². The van der Waals surface area contributed by atoms with Crippen LogP contribution >= 0.6 is 0 Å². The molecule has 1 N–H and O–H groups in total. The van der Waals surface area contributed by atoms with Crippen molar-refractivity contribution in [3.8, 4) is 5.75 Å². The number of carbonyl (C=O) groups is 1. The number of carbonyl (C=O) groups excluding carboxylic acids is 1. The second kappa shape index (κ2) is 10.7. The smallest absolute Gasteiger partial charge is 0.244 e. The maximum atomic E-state index is 13.4. The van der Waals surface area contributed by atoms with E-state index in [2.05, 4.69) is 19.2 Å². The Labute approximate surface area is 186 Å². The van der Waals surface area contributed by atoms with Gasteiger partial charge in [-0.3, -0.25) is 9.10 Å². The molecule has 31 heavy (non-hydrogen) atoms. The zero-order valence-corrected chi connectivity index (χ0v) is 20.1. The molecule has 0 unspecified atom stereocenters. The van der Waals surface area contributed by atoms with Crippen LogP contribution in [-0.4, -0.2) is 33.7 Å². The third-order valence-corrected chi connectivity index (χ3v) is 6.31. The van der Waals surface area contributed by atoms with Gasteiger partial charge in [-0.05, 0) is 61.1 Å². The van der Waals surface area contributed by atoms with Gasteiger partial charge in [-0.15, -0.1) is 0 Å². The summed E-state index contributed by atoms with van der Waals surface area (Å²) in [5, 5.41) is 3.10. The Bertz CT molecular complexity index is 971. The highest BCUT2D eigenvalue weighted by Crippen LogP contribution is 2.27. The van der Waals surface area contributed by atoms with E-state index in [9.17, 15) is 13.2 Å². The zero-order chi connectivity index (χ0) is 23.2. The third-order valence-electron chi connectivity index (χ3n) is 5.13. The number of hydrogen-bond acceptors (Lipinski definition) is 4. The molecule has 0 spiro atoms. The van der Waals surface area contributed by atoms with Crippen molar-refractivity contribution in [3.05, 3.63) is 59.7 Å². The van der Waals surface area contributed by atoms with Crippen LogP contribution in [0.5, 0.6) is 5.75 Å². The fraction of sp³-hybridized carbons (Fsp3) is 0.458. The van der Waals surface area contributed by atoms with Crippen molar-refractivity contribution in [1.82, 2.24) is 5.32 Å². The maximum absolute atomic E-state index is 13.4. The van der Waals surface area contributed by atoms with Crippen LogP contribution in [-0.2, 0) is 14.8 Å². The number of nitrogens with one attached hydrogen (secondary N) is 1. The molecule has 0 heterocycles. The molecular formula is C24H34N2O4S. The molecule has 0 aliphatic carbocycles. The molecule has 2 rings (SSSR count). The summed E-state index contributed by atoms with van der Waals surface area (Å²) >= 11 is 0. The molecule has 6 nitrogen and oxygen atoms in total. The van der Waals surface area contributed by atoms with Crippen LogP contribution in [0.2, 0.25) is 0 Å².